The van der Waals surface area contributed by atoms with E-state index >= 15 is 0 Å². The zero-order valence-electron chi connectivity index (χ0n) is 7.83. The number of aliphatic hydroxyl groups excluding tert-OH is 1. The molecule has 72 valence electrons. The minimum Gasteiger partial charge on any atom is -0.399 e. The van der Waals surface area contributed by atoms with Crippen LogP contribution in [0.2, 0.25) is 0 Å². The highest BCUT2D eigenvalue weighted by Gasteiger charge is 2.07. The molecule has 1 rings (SSSR count). The molecule has 0 aliphatic rings. The smallest absolute Gasteiger partial charge is 0.0449 e. The Hall–Kier alpha value is -1.06. The van der Waals surface area contributed by atoms with Crippen LogP contribution in [0.3, 0.4) is 0 Å². The molecule has 0 bridgehead atoms. The van der Waals surface area contributed by atoms with Gasteiger partial charge in [0.2, 0.25) is 0 Å². The molecule has 0 unspecified atom stereocenters. The third-order valence-corrected chi connectivity index (χ3v) is 2.13. The first kappa shape index (κ1) is 10.0. The van der Waals surface area contributed by atoms with E-state index in [1.807, 2.05) is 25.1 Å². The molecule has 0 saturated carbocycles. The van der Waals surface area contributed by atoms with Crippen LogP contribution < -0.4 is 11.5 Å². The molecule has 0 aliphatic heterocycles. The Kier molecular flexibility index (Phi) is 3.28. The summed E-state index contributed by atoms with van der Waals surface area (Å²) in [6, 6.07) is 5.56. The van der Waals surface area contributed by atoms with Crippen LogP contribution in [0.15, 0.2) is 18.2 Å². The SMILES string of the molecule is Cc1cc(N)ccc1[C@H](N)CCO. The van der Waals surface area contributed by atoms with Crippen LogP contribution in [0.25, 0.3) is 0 Å². The predicted octanol–water partition coefficient (Wildman–Crippen LogP) is 0.959. The van der Waals surface area contributed by atoms with Gasteiger partial charge in [-0.15, -0.1) is 0 Å². The quantitative estimate of drug-likeness (QED) is 0.607. The summed E-state index contributed by atoms with van der Waals surface area (Å²) in [5.74, 6) is 0. The Bertz CT molecular complexity index is 286. The van der Waals surface area contributed by atoms with Crippen molar-refractivity contribution in [1.82, 2.24) is 0 Å². The molecule has 5 N–H and O–H groups in total. The first-order chi connectivity index (χ1) is 6.15. The molecular weight excluding hydrogens is 164 g/mol. The van der Waals surface area contributed by atoms with Crippen molar-refractivity contribution in [1.29, 1.82) is 0 Å². The highest BCUT2D eigenvalue weighted by Crippen LogP contribution is 2.20. The van der Waals surface area contributed by atoms with Crippen LogP contribution in [-0.2, 0) is 0 Å². The van der Waals surface area contributed by atoms with Crippen LogP contribution in [0, 0.1) is 6.92 Å². The summed E-state index contributed by atoms with van der Waals surface area (Å²) >= 11 is 0. The molecule has 0 saturated heterocycles. The van der Waals surface area contributed by atoms with Crippen molar-refractivity contribution < 1.29 is 5.11 Å². The van der Waals surface area contributed by atoms with Gasteiger partial charge < -0.3 is 16.6 Å². The molecule has 0 amide bonds. The molecule has 1 aromatic carbocycles. The van der Waals surface area contributed by atoms with Gasteiger partial charge >= 0.3 is 0 Å². The van der Waals surface area contributed by atoms with E-state index in [9.17, 15) is 0 Å². The average molecular weight is 180 g/mol. The van der Waals surface area contributed by atoms with Crippen LogP contribution in [-0.4, -0.2) is 11.7 Å². The number of nitrogen functional groups attached to an aromatic ring is 1. The molecule has 0 heterocycles. The van der Waals surface area contributed by atoms with Gasteiger partial charge in [-0.1, -0.05) is 6.07 Å². The second-order valence-corrected chi connectivity index (χ2v) is 3.23. The van der Waals surface area contributed by atoms with Crippen molar-refractivity contribution >= 4 is 5.69 Å². The number of aryl methyl sites for hydroxylation is 1. The van der Waals surface area contributed by atoms with Gasteiger partial charge in [-0.25, -0.2) is 0 Å². The Balaban J connectivity index is 2.88. The van der Waals surface area contributed by atoms with Crippen LogP contribution >= 0.6 is 0 Å². The molecule has 3 nitrogen and oxygen atoms in total. The normalized spacial score (nSPS) is 12.8. The lowest BCUT2D eigenvalue weighted by Crippen LogP contribution is -2.13. The maximum absolute atomic E-state index is 8.74. The second kappa shape index (κ2) is 4.25. The van der Waals surface area contributed by atoms with Gasteiger partial charge in [0.05, 0.1) is 0 Å². The highest BCUT2D eigenvalue weighted by molar-refractivity contribution is 5.45. The maximum atomic E-state index is 8.74. The minimum absolute atomic E-state index is 0.0920. The number of nitrogens with two attached hydrogens (primary N) is 2. The van der Waals surface area contributed by atoms with Crippen molar-refractivity contribution in [3.05, 3.63) is 29.3 Å². The first-order valence-corrected chi connectivity index (χ1v) is 4.37. The molecule has 13 heavy (non-hydrogen) atoms. The van der Waals surface area contributed by atoms with E-state index in [4.69, 9.17) is 16.6 Å². The number of benzene rings is 1. The third kappa shape index (κ3) is 2.44. The summed E-state index contributed by atoms with van der Waals surface area (Å²) < 4.78 is 0. The molecule has 3 heteroatoms. The number of hydrogen-bond donors (Lipinski definition) is 3. The van der Waals surface area contributed by atoms with E-state index in [1.54, 1.807) is 0 Å². The first-order valence-electron chi connectivity index (χ1n) is 4.37. The van der Waals surface area contributed by atoms with Crippen molar-refractivity contribution in [3.8, 4) is 0 Å². The molecule has 0 aromatic heterocycles. The molecule has 0 radical (unpaired) electrons. The van der Waals surface area contributed by atoms with Gasteiger partial charge in [0.15, 0.2) is 0 Å². The van der Waals surface area contributed by atoms with E-state index < -0.39 is 0 Å². The molecule has 1 atom stereocenters. The van der Waals surface area contributed by atoms with Crippen molar-refractivity contribution in [2.45, 2.75) is 19.4 Å². The zero-order valence-corrected chi connectivity index (χ0v) is 7.83. The Morgan fingerprint density at radius 2 is 2.15 bits per heavy atom. The fourth-order valence-corrected chi connectivity index (χ4v) is 1.41. The third-order valence-electron chi connectivity index (χ3n) is 2.13. The molecular formula is C10H16N2O. The van der Waals surface area contributed by atoms with E-state index in [0.717, 1.165) is 16.8 Å². The lowest BCUT2D eigenvalue weighted by Gasteiger charge is -2.13. The van der Waals surface area contributed by atoms with Crippen molar-refractivity contribution in [2.24, 2.45) is 5.73 Å². The fraction of sp³-hybridized carbons (Fsp3) is 0.400. The van der Waals surface area contributed by atoms with Crippen LogP contribution in [0.4, 0.5) is 5.69 Å². The number of anilines is 1. The van der Waals surface area contributed by atoms with Gasteiger partial charge in [-0.3, -0.25) is 0 Å². The maximum Gasteiger partial charge on any atom is 0.0449 e. The summed E-state index contributed by atoms with van der Waals surface area (Å²) in [5.41, 5.74) is 14.4. The monoisotopic (exact) mass is 180 g/mol. The summed E-state index contributed by atoms with van der Waals surface area (Å²) in [5, 5.41) is 8.74. The van der Waals surface area contributed by atoms with Gasteiger partial charge in [-0.05, 0) is 36.6 Å². The van der Waals surface area contributed by atoms with E-state index in [-0.39, 0.29) is 12.6 Å². The molecule has 0 spiro atoms. The Morgan fingerprint density at radius 1 is 1.46 bits per heavy atom. The van der Waals surface area contributed by atoms with E-state index in [1.165, 1.54) is 0 Å². The Labute approximate surface area is 78.4 Å². The van der Waals surface area contributed by atoms with Crippen molar-refractivity contribution in [2.75, 3.05) is 12.3 Å². The number of hydrogen-bond acceptors (Lipinski definition) is 3. The molecule has 1 aromatic rings. The standard InChI is InChI=1S/C10H16N2O/c1-7-6-8(11)2-3-9(7)10(12)4-5-13/h2-3,6,10,13H,4-5,11-12H2,1H3/t10-/m1/s1. The van der Waals surface area contributed by atoms with Crippen molar-refractivity contribution in [3.63, 3.8) is 0 Å². The van der Waals surface area contributed by atoms with Crippen LogP contribution in [0.5, 0.6) is 0 Å². The lowest BCUT2D eigenvalue weighted by molar-refractivity contribution is 0.276. The van der Waals surface area contributed by atoms with Crippen LogP contribution in [0.1, 0.15) is 23.6 Å². The summed E-state index contributed by atoms with van der Waals surface area (Å²) in [4.78, 5) is 0. The fourth-order valence-electron chi connectivity index (χ4n) is 1.41. The largest absolute Gasteiger partial charge is 0.399 e. The molecule has 0 fully saturated rings. The Morgan fingerprint density at radius 3 is 2.69 bits per heavy atom. The summed E-state index contributed by atoms with van der Waals surface area (Å²) in [6.45, 7) is 2.09. The topological polar surface area (TPSA) is 72.3 Å². The van der Waals surface area contributed by atoms with E-state index in [2.05, 4.69) is 0 Å². The number of rotatable bonds is 3. The highest BCUT2D eigenvalue weighted by atomic mass is 16.3. The van der Waals surface area contributed by atoms with Gasteiger partial charge in [0.25, 0.3) is 0 Å². The second-order valence-electron chi connectivity index (χ2n) is 3.23. The summed E-state index contributed by atoms with van der Waals surface area (Å²) in [7, 11) is 0. The average Bonchev–Trinajstić information content (AvgIpc) is 2.04. The van der Waals surface area contributed by atoms with Gasteiger partial charge in [0, 0.05) is 18.3 Å². The zero-order chi connectivity index (χ0) is 9.84. The lowest BCUT2D eigenvalue weighted by atomic mass is 9.99. The van der Waals surface area contributed by atoms with Gasteiger partial charge in [-0.2, -0.15) is 0 Å². The molecule has 0 aliphatic carbocycles. The minimum atomic E-state index is -0.0920. The number of aliphatic hydroxyl groups is 1. The summed E-state index contributed by atoms with van der Waals surface area (Å²) in [6.07, 6.45) is 0.588. The van der Waals surface area contributed by atoms with Gasteiger partial charge in [0.1, 0.15) is 0 Å². The van der Waals surface area contributed by atoms with E-state index in [0.29, 0.717) is 6.42 Å². The predicted molar refractivity (Wildman–Crippen MR) is 54.2 cm³/mol.